The van der Waals surface area contributed by atoms with Gasteiger partial charge in [-0.25, -0.2) is 0 Å². The Morgan fingerprint density at radius 3 is 2.86 bits per heavy atom. The molecule has 2 nitrogen and oxygen atoms in total. The Labute approximate surface area is 87.2 Å². The van der Waals surface area contributed by atoms with Gasteiger partial charge in [-0.15, -0.1) is 0 Å². The van der Waals surface area contributed by atoms with Crippen LogP contribution in [0.4, 0.5) is 0 Å². The van der Waals surface area contributed by atoms with Crippen molar-refractivity contribution in [2.24, 2.45) is 0 Å². The maximum Gasteiger partial charge on any atom is 0.115 e. The van der Waals surface area contributed by atoms with Gasteiger partial charge in [-0.2, -0.15) is 0 Å². The summed E-state index contributed by atoms with van der Waals surface area (Å²) >= 11 is 0. The van der Waals surface area contributed by atoms with Crippen molar-refractivity contribution < 1.29 is 4.74 Å². The first-order valence-corrected chi connectivity index (χ1v) is 5.44. The number of likely N-dealkylation sites (N-methyl/N-ethyl adjacent to an activating group) is 1. The van der Waals surface area contributed by atoms with E-state index in [1.807, 2.05) is 19.1 Å². The Bertz CT molecular complexity index is 220. The Morgan fingerprint density at radius 2 is 2.36 bits per heavy atom. The van der Waals surface area contributed by atoms with Gasteiger partial charge in [0.1, 0.15) is 11.9 Å². The summed E-state index contributed by atoms with van der Waals surface area (Å²) in [7, 11) is 2.14. The third-order valence-electron chi connectivity index (χ3n) is 2.39. The van der Waals surface area contributed by atoms with E-state index in [-0.39, 0.29) is 0 Å². The Hall–Kier alpha value is -0.760. The highest BCUT2D eigenvalue weighted by Crippen LogP contribution is 2.15. The molecular weight excluding hydrogens is 174 g/mol. The van der Waals surface area contributed by atoms with Crippen LogP contribution in [0.3, 0.4) is 0 Å². The van der Waals surface area contributed by atoms with Crippen LogP contribution in [0.25, 0.3) is 0 Å². The summed E-state index contributed by atoms with van der Waals surface area (Å²) in [5.41, 5.74) is 0. The van der Waals surface area contributed by atoms with Crippen LogP contribution in [0.15, 0.2) is 24.0 Å². The number of rotatable bonds is 4. The van der Waals surface area contributed by atoms with E-state index >= 15 is 0 Å². The highest BCUT2D eigenvalue weighted by Gasteiger charge is 2.20. The van der Waals surface area contributed by atoms with Gasteiger partial charge in [0, 0.05) is 13.1 Å². The van der Waals surface area contributed by atoms with Crippen molar-refractivity contribution >= 4 is 0 Å². The molecule has 0 bridgehead atoms. The summed E-state index contributed by atoms with van der Waals surface area (Å²) in [5, 5.41) is 0. The van der Waals surface area contributed by atoms with E-state index < -0.39 is 0 Å². The lowest BCUT2D eigenvalue weighted by atomic mass is 10.3. The molecule has 0 unspecified atom stereocenters. The summed E-state index contributed by atoms with van der Waals surface area (Å²) in [6.07, 6.45) is 8.77. The summed E-state index contributed by atoms with van der Waals surface area (Å²) < 4.78 is 5.90. The minimum absolute atomic E-state index is 0.383. The van der Waals surface area contributed by atoms with Crippen molar-refractivity contribution in [3.05, 3.63) is 24.0 Å². The summed E-state index contributed by atoms with van der Waals surface area (Å²) in [6.45, 7) is 6.36. The zero-order valence-electron chi connectivity index (χ0n) is 9.49. The molecule has 1 aliphatic heterocycles. The Kier molecular flexibility index (Phi) is 4.74. The van der Waals surface area contributed by atoms with E-state index in [1.54, 1.807) is 0 Å². The SMILES string of the molecule is C/C=C\C(=C/CC)O[C@@H]1CCN(C)C1. The van der Waals surface area contributed by atoms with Gasteiger partial charge in [-0.1, -0.05) is 13.0 Å². The monoisotopic (exact) mass is 195 g/mol. The first-order valence-electron chi connectivity index (χ1n) is 5.44. The second-order valence-electron chi connectivity index (χ2n) is 3.81. The van der Waals surface area contributed by atoms with E-state index in [1.165, 1.54) is 0 Å². The molecule has 0 aromatic rings. The van der Waals surface area contributed by atoms with E-state index in [2.05, 4.69) is 24.9 Å². The summed E-state index contributed by atoms with van der Waals surface area (Å²) in [6, 6.07) is 0. The van der Waals surface area contributed by atoms with Crippen molar-refractivity contribution in [2.45, 2.75) is 32.8 Å². The summed E-state index contributed by atoms with van der Waals surface area (Å²) in [5.74, 6) is 1.02. The van der Waals surface area contributed by atoms with Crippen molar-refractivity contribution in [3.8, 4) is 0 Å². The molecule has 1 aliphatic rings. The quantitative estimate of drug-likeness (QED) is 0.505. The van der Waals surface area contributed by atoms with Crippen molar-refractivity contribution in [1.82, 2.24) is 4.90 Å². The predicted molar refractivity (Wildman–Crippen MR) is 60.2 cm³/mol. The van der Waals surface area contributed by atoms with Crippen LogP contribution in [-0.4, -0.2) is 31.1 Å². The molecule has 0 aromatic carbocycles. The molecule has 0 spiro atoms. The minimum Gasteiger partial charge on any atom is -0.489 e. The average molecular weight is 195 g/mol. The molecule has 0 N–H and O–H groups in total. The van der Waals surface area contributed by atoms with Crippen molar-refractivity contribution in [3.63, 3.8) is 0 Å². The number of allylic oxidation sites excluding steroid dienone is 3. The fraction of sp³-hybridized carbons (Fsp3) is 0.667. The number of hydrogen-bond donors (Lipinski definition) is 0. The zero-order valence-corrected chi connectivity index (χ0v) is 9.49. The van der Waals surface area contributed by atoms with Crippen LogP contribution in [0.1, 0.15) is 26.7 Å². The third-order valence-corrected chi connectivity index (χ3v) is 2.39. The smallest absolute Gasteiger partial charge is 0.115 e. The molecule has 2 heteroatoms. The summed E-state index contributed by atoms with van der Waals surface area (Å²) in [4.78, 5) is 2.31. The topological polar surface area (TPSA) is 12.5 Å². The van der Waals surface area contributed by atoms with E-state index in [0.29, 0.717) is 6.10 Å². The largest absolute Gasteiger partial charge is 0.489 e. The van der Waals surface area contributed by atoms with Gasteiger partial charge < -0.3 is 9.64 Å². The molecule has 1 rings (SSSR count). The Morgan fingerprint density at radius 1 is 1.57 bits per heavy atom. The lowest BCUT2D eigenvalue weighted by Gasteiger charge is -2.14. The number of ether oxygens (including phenoxy) is 1. The number of nitrogens with zero attached hydrogens (tertiary/aromatic N) is 1. The molecule has 1 fully saturated rings. The lowest BCUT2D eigenvalue weighted by molar-refractivity contribution is 0.132. The molecule has 0 amide bonds. The highest BCUT2D eigenvalue weighted by molar-refractivity contribution is 5.11. The fourth-order valence-electron chi connectivity index (χ4n) is 1.70. The molecular formula is C12H21NO. The first kappa shape index (κ1) is 11.3. The fourth-order valence-corrected chi connectivity index (χ4v) is 1.70. The number of likely N-dealkylation sites (tertiary alicyclic amines) is 1. The first-order chi connectivity index (χ1) is 6.76. The highest BCUT2D eigenvalue weighted by atomic mass is 16.5. The van der Waals surface area contributed by atoms with Crippen molar-refractivity contribution in [2.75, 3.05) is 20.1 Å². The van der Waals surface area contributed by atoms with Crippen molar-refractivity contribution in [1.29, 1.82) is 0 Å². The molecule has 0 radical (unpaired) electrons. The standard InChI is InChI=1S/C12H21NO/c1-4-6-11(7-5-2)14-12-8-9-13(3)10-12/h4,6-7,12H,5,8-10H2,1-3H3/b6-4-,11-7+/t12-/m1/s1. The maximum atomic E-state index is 5.90. The average Bonchev–Trinajstić information content (AvgIpc) is 2.52. The van der Waals surface area contributed by atoms with Gasteiger partial charge in [-0.3, -0.25) is 0 Å². The molecule has 0 aliphatic carbocycles. The molecule has 14 heavy (non-hydrogen) atoms. The molecule has 1 atom stereocenters. The second kappa shape index (κ2) is 5.86. The van der Waals surface area contributed by atoms with Crippen LogP contribution in [-0.2, 0) is 4.74 Å². The third kappa shape index (κ3) is 3.54. The van der Waals surface area contributed by atoms with Crippen LogP contribution in [0.2, 0.25) is 0 Å². The zero-order chi connectivity index (χ0) is 10.4. The number of hydrogen-bond acceptors (Lipinski definition) is 2. The minimum atomic E-state index is 0.383. The van der Waals surface area contributed by atoms with Crippen LogP contribution < -0.4 is 0 Å². The van der Waals surface area contributed by atoms with Gasteiger partial charge in [0.2, 0.25) is 0 Å². The molecule has 0 saturated carbocycles. The van der Waals surface area contributed by atoms with Gasteiger partial charge in [0.25, 0.3) is 0 Å². The van der Waals surface area contributed by atoms with Gasteiger partial charge in [0.15, 0.2) is 0 Å². The molecule has 80 valence electrons. The van der Waals surface area contributed by atoms with Gasteiger partial charge >= 0.3 is 0 Å². The Balaban J connectivity index is 2.43. The normalized spacial score (nSPS) is 24.8. The van der Waals surface area contributed by atoms with Gasteiger partial charge in [-0.05, 0) is 39.0 Å². The van der Waals surface area contributed by atoms with E-state index in [0.717, 1.165) is 31.7 Å². The second-order valence-corrected chi connectivity index (χ2v) is 3.81. The molecule has 1 saturated heterocycles. The van der Waals surface area contributed by atoms with Crippen LogP contribution >= 0.6 is 0 Å². The van der Waals surface area contributed by atoms with Crippen LogP contribution in [0, 0.1) is 0 Å². The van der Waals surface area contributed by atoms with E-state index in [9.17, 15) is 0 Å². The maximum absolute atomic E-state index is 5.90. The predicted octanol–water partition coefficient (Wildman–Crippen LogP) is 2.58. The molecule has 0 aromatic heterocycles. The van der Waals surface area contributed by atoms with Gasteiger partial charge in [0.05, 0.1) is 0 Å². The molecule has 1 heterocycles. The lowest BCUT2D eigenvalue weighted by Crippen LogP contribution is -2.18. The van der Waals surface area contributed by atoms with E-state index in [4.69, 9.17) is 4.74 Å². The van der Waals surface area contributed by atoms with Crippen LogP contribution in [0.5, 0.6) is 0 Å².